The standard InChI is InChI=1S/C35H48N6O6S/c1-21(2)31(28-17-29(38-47-28)40-14-12-39(13-15-40)19-30(43)46-35(5,6)7)34(45)41-18-26(42)16-27(41)33(44)37-22(3)24-8-10-25(11-9-24)32-23(4)36-20-48-32/h8-11,17,20-22,26-27,31,42H,12-16,18-19H2,1-7H3,(H,37,44)/t22-,26+,27-,31+/m0/s1. The van der Waals surface area contributed by atoms with Gasteiger partial charge in [-0.3, -0.25) is 19.3 Å². The van der Waals surface area contributed by atoms with Crippen molar-refractivity contribution in [1.82, 2.24) is 25.3 Å². The molecule has 12 nitrogen and oxygen atoms in total. The number of nitrogens with zero attached hydrogens (tertiary/aromatic N) is 5. The van der Waals surface area contributed by atoms with E-state index < -0.39 is 23.7 Å². The van der Waals surface area contributed by atoms with Gasteiger partial charge in [0.05, 0.1) is 34.8 Å². The number of ether oxygens (including phenoxy) is 1. The van der Waals surface area contributed by atoms with E-state index in [0.717, 1.165) is 21.7 Å². The number of rotatable bonds is 10. The van der Waals surface area contributed by atoms with Crippen molar-refractivity contribution in [2.75, 3.05) is 44.2 Å². The number of amides is 2. The molecule has 2 saturated heterocycles. The number of aryl methyl sites for hydroxylation is 1. The predicted octanol–water partition coefficient (Wildman–Crippen LogP) is 4.15. The Balaban J connectivity index is 1.21. The lowest BCUT2D eigenvalue weighted by atomic mass is 9.91. The van der Waals surface area contributed by atoms with E-state index in [0.29, 0.717) is 37.8 Å². The summed E-state index contributed by atoms with van der Waals surface area (Å²) in [4.78, 5) is 51.0. The number of piperazine rings is 1. The molecule has 3 aromatic rings. The molecule has 1 aromatic carbocycles. The average Bonchev–Trinajstić information content (AvgIpc) is 3.77. The molecule has 5 rings (SSSR count). The summed E-state index contributed by atoms with van der Waals surface area (Å²) in [5.74, 6) is -0.607. The van der Waals surface area contributed by atoms with E-state index in [1.807, 2.05) is 78.2 Å². The molecule has 2 fully saturated rings. The molecule has 0 aliphatic carbocycles. The first kappa shape index (κ1) is 35.5. The monoisotopic (exact) mass is 680 g/mol. The zero-order chi connectivity index (χ0) is 34.7. The third kappa shape index (κ3) is 8.42. The van der Waals surface area contributed by atoms with Crippen molar-refractivity contribution in [2.24, 2.45) is 5.92 Å². The van der Waals surface area contributed by atoms with Gasteiger partial charge in [0.1, 0.15) is 17.6 Å². The normalized spacial score (nSPS) is 20.2. The van der Waals surface area contributed by atoms with Crippen LogP contribution in [0.2, 0.25) is 0 Å². The average molecular weight is 681 g/mol. The van der Waals surface area contributed by atoms with Crippen molar-refractivity contribution in [2.45, 2.75) is 84.6 Å². The number of likely N-dealkylation sites (tertiary alicyclic amines) is 1. The number of aliphatic hydroxyl groups excluding tert-OH is 1. The molecule has 0 radical (unpaired) electrons. The van der Waals surface area contributed by atoms with Gasteiger partial charge in [-0.25, -0.2) is 4.98 Å². The van der Waals surface area contributed by atoms with Gasteiger partial charge in [0.25, 0.3) is 0 Å². The van der Waals surface area contributed by atoms with Crippen LogP contribution in [0.1, 0.15) is 76.9 Å². The van der Waals surface area contributed by atoms with Crippen molar-refractivity contribution < 1.29 is 28.8 Å². The smallest absolute Gasteiger partial charge is 0.320 e. The molecule has 0 saturated carbocycles. The molecule has 2 aromatic heterocycles. The molecule has 13 heteroatoms. The van der Waals surface area contributed by atoms with Crippen LogP contribution < -0.4 is 10.2 Å². The van der Waals surface area contributed by atoms with Crippen LogP contribution in [0.4, 0.5) is 5.82 Å². The molecular weight excluding hydrogens is 632 g/mol. The second-order valence-electron chi connectivity index (χ2n) is 14.2. The summed E-state index contributed by atoms with van der Waals surface area (Å²) in [6, 6.07) is 8.72. The van der Waals surface area contributed by atoms with E-state index in [4.69, 9.17) is 9.26 Å². The summed E-state index contributed by atoms with van der Waals surface area (Å²) in [6.45, 7) is 16.2. The highest BCUT2D eigenvalue weighted by atomic mass is 32.1. The lowest BCUT2D eigenvalue weighted by Crippen LogP contribution is -2.49. The Labute approximate surface area is 286 Å². The van der Waals surface area contributed by atoms with E-state index in [-0.39, 0.29) is 49.3 Å². The maximum Gasteiger partial charge on any atom is 0.320 e. The largest absolute Gasteiger partial charge is 0.459 e. The van der Waals surface area contributed by atoms with Gasteiger partial charge in [0, 0.05) is 45.2 Å². The van der Waals surface area contributed by atoms with Crippen molar-refractivity contribution in [3.63, 3.8) is 0 Å². The molecule has 0 unspecified atom stereocenters. The molecule has 4 atom stereocenters. The molecule has 48 heavy (non-hydrogen) atoms. The third-order valence-corrected chi connectivity index (χ3v) is 9.84. The topological polar surface area (TPSA) is 141 Å². The Bertz CT molecular complexity index is 1570. The van der Waals surface area contributed by atoms with E-state index >= 15 is 0 Å². The highest BCUT2D eigenvalue weighted by Gasteiger charge is 2.43. The molecule has 260 valence electrons. The molecule has 0 spiro atoms. The number of carbonyl (C=O) groups is 3. The van der Waals surface area contributed by atoms with Gasteiger partial charge in [-0.2, -0.15) is 0 Å². The Morgan fingerprint density at radius 2 is 1.79 bits per heavy atom. The van der Waals surface area contributed by atoms with Crippen LogP contribution in [0.5, 0.6) is 0 Å². The fourth-order valence-electron chi connectivity index (χ4n) is 6.38. The second kappa shape index (κ2) is 14.8. The Morgan fingerprint density at radius 3 is 2.40 bits per heavy atom. The highest BCUT2D eigenvalue weighted by molar-refractivity contribution is 7.13. The van der Waals surface area contributed by atoms with E-state index in [2.05, 4.69) is 25.3 Å². The lowest BCUT2D eigenvalue weighted by Gasteiger charge is -2.34. The molecule has 2 aliphatic heterocycles. The Kier molecular flexibility index (Phi) is 10.9. The molecule has 2 amide bonds. The third-order valence-electron chi connectivity index (χ3n) is 8.87. The van der Waals surface area contributed by atoms with Gasteiger partial charge in [0.15, 0.2) is 11.6 Å². The number of hydrogen-bond donors (Lipinski definition) is 2. The van der Waals surface area contributed by atoms with Crippen LogP contribution in [0.3, 0.4) is 0 Å². The first-order chi connectivity index (χ1) is 22.7. The molecule has 4 heterocycles. The van der Waals surface area contributed by atoms with Gasteiger partial charge in [-0.1, -0.05) is 43.3 Å². The first-order valence-electron chi connectivity index (χ1n) is 16.6. The van der Waals surface area contributed by atoms with E-state index in [1.54, 1.807) is 17.4 Å². The van der Waals surface area contributed by atoms with Crippen molar-refractivity contribution in [1.29, 1.82) is 0 Å². The quantitative estimate of drug-likeness (QED) is 0.300. The van der Waals surface area contributed by atoms with Gasteiger partial charge >= 0.3 is 5.97 Å². The number of benzene rings is 1. The molecular formula is C35H48N6O6S. The van der Waals surface area contributed by atoms with Gasteiger partial charge in [0.2, 0.25) is 11.8 Å². The number of thiazole rings is 1. The summed E-state index contributed by atoms with van der Waals surface area (Å²) in [7, 11) is 0. The van der Waals surface area contributed by atoms with Crippen molar-refractivity contribution in [3.05, 3.63) is 52.9 Å². The summed E-state index contributed by atoms with van der Waals surface area (Å²) >= 11 is 1.59. The highest BCUT2D eigenvalue weighted by Crippen LogP contribution is 2.33. The number of esters is 1. The van der Waals surface area contributed by atoms with Gasteiger partial charge in [-0.05, 0) is 51.7 Å². The minimum absolute atomic E-state index is 0.0675. The van der Waals surface area contributed by atoms with Crippen LogP contribution in [0, 0.1) is 12.8 Å². The molecule has 0 bridgehead atoms. The van der Waals surface area contributed by atoms with Crippen LogP contribution in [0.25, 0.3) is 10.4 Å². The van der Waals surface area contributed by atoms with Crippen LogP contribution >= 0.6 is 11.3 Å². The molecule has 2 N–H and O–H groups in total. The van der Waals surface area contributed by atoms with Gasteiger partial charge < -0.3 is 29.5 Å². The lowest BCUT2D eigenvalue weighted by molar-refractivity contribution is -0.156. The summed E-state index contributed by atoms with van der Waals surface area (Å²) in [5, 5.41) is 18.0. The fourth-order valence-corrected chi connectivity index (χ4v) is 7.19. The number of carbonyl (C=O) groups excluding carboxylic acids is 3. The Morgan fingerprint density at radius 1 is 1.10 bits per heavy atom. The predicted molar refractivity (Wildman–Crippen MR) is 184 cm³/mol. The minimum Gasteiger partial charge on any atom is -0.459 e. The van der Waals surface area contributed by atoms with Crippen molar-refractivity contribution >= 4 is 34.9 Å². The summed E-state index contributed by atoms with van der Waals surface area (Å²) < 4.78 is 11.2. The maximum atomic E-state index is 14.1. The zero-order valence-electron chi connectivity index (χ0n) is 28.9. The van der Waals surface area contributed by atoms with E-state index in [1.165, 1.54) is 4.90 Å². The first-order valence-corrected chi connectivity index (χ1v) is 17.5. The number of β-amino-alcohol motifs (C(OH)–C–C–N with tert-alkyl or cyclic N) is 1. The van der Waals surface area contributed by atoms with Crippen molar-refractivity contribution in [3.8, 4) is 10.4 Å². The van der Waals surface area contributed by atoms with Crippen LogP contribution in [-0.4, -0.2) is 99.8 Å². The SMILES string of the molecule is Cc1ncsc1-c1ccc([C@H](C)NC(=O)[C@@H]2C[C@@H](O)CN2C(=O)[C@@H](c2cc(N3CCN(CC(=O)OC(C)(C)C)CC3)no2)C(C)C)cc1. The van der Waals surface area contributed by atoms with E-state index in [9.17, 15) is 19.5 Å². The number of aromatic nitrogens is 2. The zero-order valence-corrected chi connectivity index (χ0v) is 29.7. The van der Waals surface area contributed by atoms with Gasteiger partial charge in [-0.15, -0.1) is 11.3 Å². The summed E-state index contributed by atoms with van der Waals surface area (Å²) in [5.41, 5.74) is 4.30. The fraction of sp³-hybridized carbons (Fsp3) is 0.571. The summed E-state index contributed by atoms with van der Waals surface area (Å²) in [6.07, 6.45) is -0.648. The second-order valence-corrected chi connectivity index (χ2v) is 15.0. The number of anilines is 1. The number of aliphatic hydroxyl groups is 1. The van der Waals surface area contributed by atoms with Crippen LogP contribution in [-0.2, 0) is 19.1 Å². The van der Waals surface area contributed by atoms with Crippen LogP contribution in [0.15, 0.2) is 40.4 Å². The number of hydrogen-bond acceptors (Lipinski definition) is 11. The Hall–Kier alpha value is -3.81. The minimum atomic E-state index is -0.809. The number of nitrogens with one attached hydrogen (secondary N) is 1. The maximum absolute atomic E-state index is 14.1. The molecule has 2 aliphatic rings.